The van der Waals surface area contributed by atoms with Gasteiger partial charge in [0.1, 0.15) is 0 Å². The minimum Gasteiger partial charge on any atom is -0.380 e. The molecule has 0 aliphatic rings. The van der Waals surface area contributed by atoms with E-state index in [0.29, 0.717) is 25.4 Å². The summed E-state index contributed by atoms with van der Waals surface area (Å²) in [6.45, 7) is 3.58. The number of pyridine rings is 2. The second kappa shape index (κ2) is 5.88. The largest absolute Gasteiger partial charge is 0.380 e. The molecule has 0 saturated carbocycles. The standard InChI is InChI=1S/C15H16N4O2/c1-2-21-8-7-19-13-9-12(11-3-5-16-6-4-11)10-17-14(13)18-15(19)20/h3-6,9-10H,2,7-8H2,1H3,(H,17,18,20). The minimum atomic E-state index is -0.163. The third-order valence-corrected chi connectivity index (χ3v) is 3.31. The molecule has 0 spiro atoms. The Morgan fingerprint density at radius 3 is 2.86 bits per heavy atom. The van der Waals surface area contributed by atoms with Crippen molar-refractivity contribution >= 4 is 11.2 Å². The molecule has 6 nitrogen and oxygen atoms in total. The lowest BCUT2D eigenvalue weighted by Crippen LogP contribution is -2.19. The first kappa shape index (κ1) is 13.5. The lowest BCUT2D eigenvalue weighted by Gasteiger charge is -2.05. The molecule has 3 heterocycles. The van der Waals surface area contributed by atoms with E-state index in [0.717, 1.165) is 16.6 Å². The number of hydrogen-bond donors (Lipinski definition) is 1. The van der Waals surface area contributed by atoms with E-state index in [1.54, 1.807) is 23.2 Å². The van der Waals surface area contributed by atoms with Crippen LogP contribution in [0.3, 0.4) is 0 Å². The van der Waals surface area contributed by atoms with Gasteiger partial charge in [0.15, 0.2) is 5.65 Å². The Labute approximate surface area is 121 Å². The number of nitrogens with zero attached hydrogens (tertiary/aromatic N) is 3. The van der Waals surface area contributed by atoms with Crippen LogP contribution in [0.1, 0.15) is 6.92 Å². The van der Waals surface area contributed by atoms with E-state index in [-0.39, 0.29) is 5.69 Å². The molecule has 108 valence electrons. The molecule has 0 aliphatic carbocycles. The summed E-state index contributed by atoms with van der Waals surface area (Å²) in [5.74, 6) is 0. The molecule has 0 aromatic carbocycles. The average molecular weight is 284 g/mol. The maximum absolute atomic E-state index is 12.0. The predicted octanol–water partition coefficient (Wildman–Crippen LogP) is 1.82. The summed E-state index contributed by atoms with van der Waals surface area (Å²) in [6, 6.07) is 5.79. The van der Waals surface area contributed by atoms with Crippen molar-refractivity contribution in [3.63, 3.8) is 0 Å². The Morgan fingerprint density at radius 1 is 1.29 bits per heavy atom. The molecule has 0 fully saturated rings. The van der Waals surface area contributed by atoms with Crippen LogP contribution in [0.4, 0.5) is 0 Å². The summed E-state index contributed by atoms with van der Waals surface area (Å²) in [5.41, 5.74) is 3.19. The Balaban J connectivity index is 2.03. The van der Waals surface area contributed by atoms with Crippen LogP contribution in [-0.4, -0.2) is 32.7 Å². The SMILES string of the molecule is CCOCCn1c(=O)[nH]c2ncc(-c3ccncc3)cc21. The number of fused-ring (bicyclic) bond motifs is 1. The molecule has 0 bridgehead atoms. The predicted molar refractivity (Wildman–Crippen MR) is 80.1 cm³/mol. The van der Waals surface area contributed by atoms with E-state index < -0.39 is 0 Å². The summed E-state index contributed by atoms with van der Waals surface area (Å²) < 4.78 is 6.98. The average Bonchev–Trinajstić information content (AvgIpc) is 2.84. The zero-order valence-corrected chi connectivity index (χ0v) is 11.7. The highest BCUT2D eigenvalue weighted by Gasteiger charge is 2.09. The third-order valence-electron chi connectivity index (χ3n) is 3.31. The number of ether oxygens (including phenoxy) is 1. The topological polar surface area (TPSA) is 72.8 Å². The van der Waals surface area contributed by atoms with Gasteiger partial charge in [-0.25, -0.2) is 9.78 Å². The molecule has 0 amide bonds. The van der Waals surface area contributed by atoms with Gasteiger partial charge in [-0.05, 0) is 30.7 Å². The Bertz CT molecular complexity index is 792. The second-order valence-electron chi connectivity index (χ2n) is 4.61. The van der Waals surface area contributed by atoms with Crippen molar-refractivity contribution in [1.82, 2.24) is 19.5 Å². The maximum atomic E-state index is 12.0. The van der Waals surface area contributed by atoms with Gasteiger partial charge in [0.2, 0.25) is 0 Å². The van der Waals surface area contributed by atoms with Gasteiger partial charge >= 0.3 is 5.69 Å². The van der Waals surface area contributed by atoms with E-state index >= 15 is 0 Å². The van der Waals surface area contributed by atoms with E-state index in [1.807, 2.05) is 25.1 Å². The number of aromatic amines is 1. The van der Waals surface area contributed by atoms with Crippen LogP contribution in [0, 0.1) is 0 Å². The van der Waals surface area contributed by atoms with Crippen molar-refractivity contribution < 1.29 is 4.74 Å². The highest BCUT2D eigenvalue weighted by atomic mass is 16.5. The fraction of sp³-hybridized carbons (Fsp3) is 0.267. The Kier molecular flexibility index (Phi) is 3.79. The van der Waals surface area contributed by atoms with Crippen LogP contribution < -0.4 is 5.69 Å². The van der Waals surface area contributed by atoms with Crippen molar-refractivity contribution in [3.05, 3.63) is 47.3 Å². The van der Waals surface area contributed by atoms with E-state index in [9.17, 15) is 4.79 Å². The minimum absolute atomic E-state index is 0.163. The molecule has 6 heteroatoms. The number of nitrogens with one attached hydrogen (secondary N) is 1. The highest BCUT2D eigenvalue weighted by Crippen LogP contribution is 2.20. The summed E-state index contributed by atoms with van der Waals surface area (Å²) >= 11 is 0. The normalized spacial score (nSPS) is 11.1. The highest BCUT2D eigenvalue weighted by molar-refractivity contribution is 5.78. The number of rotatable bonds is 5. The second-order valence-corrected chi connectivity index (χ2v) is 4.61. The molecule has 0 radical (unpaired) electrons. The first-order valence-corrected chi connectivity index (χ1v) is 6.86. The van der Waals surface area contributed by atoms with Gasteiger partial charge in [0.05, 0.1) is 18.7 Å². The molecule has 0 aliphatic heterocycles. The van der Waals surface area contributed by atoms with Crippen molar-refractivity contribution in [2.45, 2.75) is 13.5 Å². The molecule has 3 rings (SSSR count). The molecule has 3 aromatic heterocycles. The Hall–Kier alpha value is -2.47. The molecule has 0 unspecified atom stereocenters. The number of imidazole rings is 1. The van der Waals surface area contributed by atoms with Gasteiger partial charge in [-0.15, -0.1) is 0 Å². The zero-order chi connectivity index (χ0) is 14.7. The van der Waals surface area contributed by atoms with E-state index in [2.05, 4.69) is 15.0 Å². The number of hydrogen-bond acceptors (Lipinski definition) is 4. The van der Waals surface area contributed by atoms with Gasteiger partial charge in [-0.1, -0.05) is 0 Å². The van der Waals surface area contributed by atoms with Crippen molar-refractivity contribution in [2.24, 2.45) is 0 Å². The fourth-order valence-corrected chi connectivity index (χ4v) is 2.26. The van der Waals surface area contributed by atoms with Gasteiger partial charge in [-0.2, -0.15) is 0 Å². The summed E-state index contributed by atoms with van der Waals surface area (Å²) in [4.78, 5) is 23.1. The van der Waals surface area contributed by atoms with Crippen molar-refractivity contribution in [3.8, 4) is 11.1 Å². The lowest BCUT2D eigenvalue weighted by molar-refractivity contribution is 0.139. The van der Waals surface area contributed by atoms with Crippen LogP contribution in [0.15, 0.2) is 41.6 Å². The summed E-state index contributed by atoms with van der Waals surface area (Å²) in [6.07, 6.45) is 5.22. The maximum Gasteiger partial charge on any atom is 0.327 e. The van der Waals surface area contributed by atoms with Gasteiger partial charge in [0, 0.05) is 30.8 Å². The molecule has 0 atom stereocenters. The van der Waals surface area contributed by atoms with E-state index in [4.69, 9.17) is 4.74 Å². The first-order valence-electron chi connectivity index (χ1n) is 6.86. The van der Waals surface area contributed by atoms with Gasteiger partial charge in [0.25, 0.3) is 0 Å². The molecular formula is C15H16N4O2. The fourth-order valence-electron chi connectivity index (χ4n) is 2.26. The summed E-state index contributed by atoms with van der Waals surface area (Å²) in [5, 5.41) is 0. The van der Waals surface area contributed by atoms with Crippen LogP contribution in [0.5, 0.6) is 0 Å². The van der Waals surface area contributed by atoms with Crippen LogP contribution in [0.2, 0.25) is 0 Å². The molecule has 21 heavy (non-hydrogen) atoms. The van der Waals surface area contributed by atoms with Crippen LogP contribution in [-0.2, 0) is 11.3 Å². The summed E-state index contributed by atoms with van der Waals surface area (Å²) in [7, 11) is 0. The molecule has 0 saturated heterocycles. The van der Waals surface area contributed by atoms with E-state index in [1.165, 1.54) is 0 Å². The number of H-pyrrole nitrogens is 1. The molecular weight excluding hydrogens is 268 g/mol. The van der Waals surface area contributed by atoms with Gasteiger partial charge < -0.3 is 4.74 Å². The third kappa shape index (κ3) is 2.71. The monoisotopic (exact) mass is 284 g/mol. The van der Waals surface area contributed by atoms with Crippen LogP contribution in [0.25, 0.3) is 22.3 Å². The van der Waals surface area contributed by atoms with Crippen molar-refractivity contribution in [2.75, 3.05) is 13.2 Å². The smallest absolute Gasteiger partial charge is 0.327 e. The van der Waals surface area contributed by atoms with Gasteiger partial charge in [-0.3, -0.25) is 14.5 Å². The first-order chi connectivity index (χ1) is 10.3. The molecule has 3 aromatic rings. The zero-order valence-electron chi connectivity index (χ0n) is 11.7. The molecule has 1 N–H and O–H groups in total. The van der Waals surface area contributed by atoms with Crippen LogP contribution >= 0.6 is 0 Å². The quantitative estimate of drug-likeness (QED) is 0.725. The Morgan fingerprint density at radius 2 is 2.10 bits per heavy atom. The number of aromatic nitrogens is 4. The lowest BCUT2D eigenvalue weighted by atomic mass is 10.1. The van der Waals surface area contributed by atoms with Crippen molar-refractivity contribution in [1.29, 1.82) is 0 Å².